The molecule has 1 aromatic carbocycles. The van der Waals surface area contributed by atoms with Crippen molar-refractivity contribution in [3.8, 4) is 22.6 Å². The first kappa shape index (κ1) is 12.6. The molecule has 0 saturated heterocycles. The van der Waals surface area contributed by atoms with Gasteiger partial charge in [-0.25, -0.2) is 0 Å². The topological polar surface area (TPSA) is 65.2 Å². The van der Waals surface area contributed by atoms with Crippen molar-refractivity contribution in [2.45, 2.75) is 0 Å². The summed E-state index contributed by atoms with van der Waals surface area (Å²) in [6, 6.07) is 10.8. The number of benzene rings is 1. The van der Waals surface area contributed by atoms with Gasteiger partial charge < -0.3 is 14.7 Å². The fourth-order valence-electron chi connectivity index (χ4n) is 1.98. The molecule has 100 valence electrons. The minimum Gasteiger partial charge on any atom is -0.443 e. The fourth-order valence-corrected chi connectivity index (χ4v) is 2.13. The van der Waals surface area contributed by atoms with Crippen LogP contribution in [0.1, 0.15) is 5.76 Å². The van der Waals surface area contributed by atoms with Gasteiger partial charge >= 0.3 is 0 Å². The summed E-state index contributed by atoms with van der Waals surface area (Å²) in [4.78, 5) is 0. The zero-order valence-corrected chi connectivity index (χ0v) is 11.2. The Morgan fingerprint density at radius 1 is 1.15 bits per heavy atom. The maximum absolute atomic E-state index is 5.81. The predicted octanol–water partition coefficient (Wildman–Crippen LogP) is 4.48. The third-order valence-corrected chi connectivity index (χ3v) is 3.11. The predicted molar refractivity (Wildman–Crippen MR) is 79.2 cm³/mol. The van der Waals surface area contributed by atoms with Gasteiger partial charge in [-0.2, -0.15) is 0 Å². The number of anilines is 1. The lowest BCUT2D eigenvalue weighted by Gasteiger charge is -2.02. The molecule has 0 saturated carbocycles. The maximum Gasteiger partial charge on any atom is 0.194 e. The molecule has 4 nitrogen and oxygen atoms in total. The van der Waals surface area contributed by atoms with Gasteiger partial charge in [0.05, 0.1) is 5.56 Å². The van der Waals surface area contributed by atoms with E-state index in [1.165, 1.54) is 0 Å². The summed E-state index contributed by atoms with van der Waals surface area (Å²) in [5, 5.41) is 4.34. The molecule has 2 aromatic heterocycles. The number of nitrogens with two attached hydrogens (primary N) is 1. The molecule has 0 amide bonds. The van der Waals surface area contributed by atoms with Gasteiger partial charge in [-0.05, 0) is 47.5 Å². The van der Waals surface area contributed by atoms with Crippen LogP contribution in [-0.4, -0.2) is 5.16 Å². The number of aromatic nitrogens is 1. The summed E-state index contributed by atoms with van der Waals surface area (Å²) in [5.74, 6) is 1.11. The monoisotopic (exact) mass is 286 g/mol. The van der Waals surface area contributed by atoms with E-state index in [4.69, 9.17) is 26.3 Å². The maximum atomic E-state index is 5.81. The standard InChI is InChI=1S/C15H11ClN2O2/c1-2-11-14(9-3-5-10(17)6-4-9)15(18-20-11)12-7-8-13(16)19-12/h2-8H,1,17H2. The number of halogens is 1. The second-order valence-corrected chi connectivity index (χ2v) is 4.57. The van der Waals surface area contributed by atoms with Crippen LogP contribution in [0, 0.1) is 0 Å². The van der Waals surface area contributed by atoms with E-state index in [-0.39, 0.29) is 0 Å². The highest BCUT2D eigenvalue weighted by Crippen LogP contribution is 2.36. The van der Waals surface area contributed by atoms with E-state index in [2.05, 4.69) is 11.7 Å². The number of nitrogen functional groups attached to an aromatic ring is 1. The first-order chi connectivity index (χ1) is 9.69. The van der Waals surface area contributed by atoms with Crippen LogP contribution in [0.3, 0.4) is 0 Å². The SMILES string of the molecule is C=Cc1onc(-c2ccc(Cl)o2)c1-c1ccc(N)cc1. The van der Waals surface area contributed by atoms with Crippen LogP contribution in [0.2, 0.25) is 5.22 Å². The van der Waals surface area contributed by atoms with Crippen LogP contribution >= 0.6 is 11.6 Å². The second-order valence-electron chi connectivity index (χ2n) is 4.20. The highest BCUT2D eigenvalue weighted by atomic mass is 35.5. The second kappa shape index (κ2) is 4.90. The van der Waals surface area contributed by atoms with Gasteiger partial charge in [0, 0.05) is 5.69 Å². The summed E-state index contributed by atoms with van der Waals surface area (Å²) in [7, 11) is 0. The van der Waals surface area contributed by atoms with Gasteiger partial charge in [0.2, 0.25) is 0 Å². The Labute approximate surface area is 120 Å². The van der Waals surface area contributed by atoms with Gasteiger partial charge in [0.1, 0.15) is 0 Å². The van der Waals surface area contributed by atoms with E-state index in [9.17, 15) is 0 Å². The average Bonchev–Trinajstić information content (AvgIpc) is 3.05. The van der Waals surface area contributed by atoms with Gasteiger partial charge in [-0.15, -0.1) is 0 Å². The molecule has 2 N–H and O–H groups in total. The van der Waals surface area contributed by atoms with Crippen molar-refractivity contribution in [1.82, 2.24) is 5.16 Å². The van der Waals surface area contributed by atoms with Crippen molar-refractivity contribution < 1.29 is 8.94 Å². The molecule has 20 heavy (non-hydrogen) atoms. The Morgan fingerprint density at radius 3 is 2.50 bits per heavy atom. The summed E-state index contributed by atoms with van der Waals surface area (Å²) >= 11 is 5.81. The molecule has 2 heterocycles. The molecule has 0 fully saturated rings. The van der Waals surface area contributed by atoms with Crippen molar-refractivity contribution in [2.75, 3.05) is 5.73 Å². The van der Waals surface area contributed by atoms with E-state index < -0.39 is 0 Å². The first-order valence-corrected chi connectivity index (χ1v) is 6.30. The van der Waals surface area contributed by atoms with E-state index in [0.717, 1.165) is 11.1 Å². The normalized spacial score (nSPS) is 10.7. The molecule has 0 bridgehead atoms. The quantitative estimate of drug-likeness (QED) is 0.721. The molecule has 0 aliphatic carbocycles. The van der Waals surface area contributed by atoms with Gasteiger partial charge in [-0.1, -0.05) is 23.9 Å². The van der Waals surface area contributed by atoms with Crippen LogP contribution in [-0.2, 0) is 0 Å². The highest BCUT2D eigenvalue weighted by molar-refractivity contribution is 6.29. The van der Waals surface area contributed by atoms with Crippen molar-refractivity contribution >= 4 is 23.4 Å². The summed E-state index contributed by atoms with van der Waals surface area (Å²) in [6.07, 6.45) is 1.60. The van der Waals surface area contributed by atoms with Gasteiger partial charge in [0.25, 0.3) is 0 Å². The first-order valence-electron chi connectivity index (χ1n) is 5.93. The van der Waals surface area contributed by atoms with Crippen LogP contribution in [0.5, 0.6) is 0 Å². The third kappa shape index (κ3) is 2.10. The molecule has 0 aliphatic rings. The lowest BCUT2D eigenvalue weighted by Crippen LogP contribution is -1.86. The van der Waals surface area contributed by atoms with E-state index in [1.807, 2.05) is 24.3 Å². The van der Waals surface area contributed by atoms with E-state index in [1.54, 1.807) is 18.2 Å². The van der Waals surface area contributed by atoms with Gasteiger partial charge in [0.15, 0.2) is 22.4 Å². The zero-order valence-electron chi connectivity index (χ0n) is 10.5. The molecule has 3 aromatic rings. The molecule has 5 heteroatoms. The number of hydrogen-bond acceptors (Lipinski definition) is 4. The molecule has 0 radical (unpaired) electrons. The molecule has 0 spiro atoms. The Balaban J connectivity index is 2.20. The lowest BCUT2D eigenvalue weighted by atomic mass is 10.0. The Bertz CT molecular complexity index is 757. The minimum atomic E-state index is 0.298. The van der Waals surface area contributed by atoms with Crippen molar-refractivity contribution in [3.63, 3.8) is 0 Å². The fraction of sp³-hybridized carbons (Fsp3) is 0. The van der Waals surface area contributed by atoms with Crippen molar-refractivity contribution in [3.05, 3.63) is 54.0 Å². The van der Waals surface area contributed by atoms with Crippen LogP contribution in [0.4, 0.5) is 5.69 Å². The zero-order chi connectivity index (χ0) is 14.1. The van der Waals surface area contributed by atoms with Crippen LogP contribution in [0.25, 0.3) is 28.7 Å². The molecule has 0 aliphatic heterocycles. The molecular weight excluding hydrogens is 276 g/mol. The summed E-state index contributed by atoms with van der Waals surface area (Å²) in [6.45, 7) is 3.73. The molecular formula is C15H11ClN2O2. The number of rotatable bonds is 3. The van der Waals surface area contributed by atoms with E-state index >= 15 is 0 Å². The van der Waals surface area contributed by atoms with Crippen molar-refractivity contribution in [2.24, 2.45) is 0 Å². The number of furan rings is 1. The molecule has 0 atom stereocenters. The highest BCUT2D eigenvalue weighted by Gasteiger charge is 2.19. The lowest BCUT2D eigenvalue weighted by molar-refractivity contribution is 0.413. The smallest absolute Gasteiger partial charge is 0.194 e. The number of hydrogen-bond donors (Lipinski definition) is 1. The number of nitrogens with zero attached hydrogens (tertiary/aromatic N) is 1. The third-order valence-electron chi connectivity index (χ3n) is 2.91. The Kier molecular flexibility index (Phi) is 3.08. The summed E-state index contributed by atoms with van der Waals surface area (Å²) < 4.78 is 10.7. The minimum absolute atomic E-state index is 0.298. The Hall–Kier alpha value is -2.46. The average molecular weight is 287 g/mol. The van der Waals surface area contributed by atoms with E-state index in [0.29, 0.717) is 28.1 Å². The Morgan fingerprint density at radius 2 is 1.90 bits per heavy atom. The molecule has 3 rings (SSSR count). The summed E-state index contributed by atoms with van der Waals surface area (Å²) in [5.41, 5.74) is 8.69. The molecule has 0 unspecified atom stereocenters. The largest absolute Gasteiger partial charge is 0.443 e. The van der Waals surface area contributed by atoms with Crippen molar-refractivity contribution in [1.29, 1.82) is 0 Å². The van der Waals surface area contributed by atoms with Crippen LogP contribution in [0.15, 0.2) is 51.9 Å². The van der Waals surface area contributed by atoms with Crippen LogP contribution < -0.4 is 5.73 Å². The van der Waals surface area contributed by atoms with Gasteiger partial charge in [-0.3, -0.25) is 0 Å².